The number of nitrogens with zero attached hydrogens (tertiary/aromatic N) is 6. The molecule has 10 heteroatoms. The highest BCUT2D eigenvalue weighted by molar-refractivity contribution is 6.31. The maximum absolute atomic E-state index is 12.6. The minimum absolute atomic E-state index is 0.0232. The van der Waals surface area contributed by atoms with Crippen molar-refractivity contribution in [1.29, 1.82) is 5.26 Å². The average Bonchev–Trinajstić information content (AvgIpc) is 3.34. The molecule has 5 aromatic rings. The molecule has 0 aliphatic heterocycles. The highest BCUT2D eigenvalue weighted by Crippen LogP contribution is 2.31. The van der Waals surface area contributed by atoms with Crippen molar-refractivity contribution in [2.75, 3.05) is 0 Å². The second-order valence-electron chi connectivity index (χ2n) is 8.83. The fraction of sp³-hybridized carbons (Fsp3) is 0.179. The van der Waals surface area contributed by atoms with E-state index in [-0.39, 0.29) is 25.3 Å². The van der Waals surface area contributed by atoms with E-state index in [1.807, 2.05) is 55.1 Å². The van der Waals surface area contributed by atoms with Gasteiger partial charge in [-0.15, -0.1) is 0 Å². The average molecular weight is 527 g/mol. The fourth-order valence-electron chi connectivity index (χ4n) is 4.25. The van der Waals surface area contributed by atoms with E-state index in [1.165, 1.54) is 10.6 Å². The number of hydrogen-bond acceptors (Lipinski definition) is 7. The van der Waals surface area contributed by atoms with Crippen molar-refractivity contribution in [2.24, 2.45) is 0 Å². The van der Waals surface area contributed by atoms with E-state index in [0.29, 0.717) is 33.2 Å². The molecule has 0 radical (unpaired) electrons. The Labute approximate surface area is 223 Å². The summed E-state index contributed by atoms with van der Waals surface area (Å²) in [7, 11) is 0. The molecule has 0 amide bonds. The summed E-state index contributed by atoms with van der Waals surface area (Å²) in [5.41, 5.74) is 4.36. The third kappa shape index (κ3) is 4.87. The summed E-state index contributed by atoms with van der Waals surface area (Å²) in [5, 5.41) is 24.6. The van der Waals surface area contributed by atoms with Gasteiger partial charge in [0.15, 0.2) is 0 Å². The Kier molecular flexibility index (Phi) is 6.92. The van der Waals surface area contributed by atoms with E-state index in [9.17, 15) is 15.2 Å². The van der Waals surface area contributed by atoms with Gasteiger partial charge in [0.1, 0.15) is 29.5 Å². The van der Waals surface area contributed by atoms with Gasteiger partial charge in [0.2, 0.25) is 0 Å². The number of benzene rings is 1. The third-order valence-electron chi connectivity index (χ3n) is 6.07. The molecule has 190 valence electrons. The molecule has 1 aromatic carbocycles. The van der Waals surface area contributed by atoms with Crippen molar-refractivity contribution in [3.8, 4) is 17.5 Å². The zero-order chi connectivity index (χ0) is 26.8. The number of rotatable bonds is 7. The molecule has 4 heterocycles. The molecule has 0 fully saturated rings. The van der Waals surface area contributed by atoms with Crippen LogP contribution in [0.15, 0.2) is 65.8 Å². The Bertz CT molecular complexity index is 1770. The molecule has 0 aliphatic carbocycles. The zero-order valence-corrected chi connectivity index (χ0v) is 21.5. The molecule has 0 atom stereocenters. The van der Waals surface area contributed by atoms with E-state index >= 15 is 0 Å². The highest BCUT2D eigenvalue weighted by atomic mass is 35.5. The molecular formula is C28H23ClN6O3. The summed E-state index contributed by atoms with van der Waals surface area (Å²) < 4.78 is 9.44. The molecule has 0 unspecified atom stereocenters. The second-order valence-corrected chi connectivity index (χ2v) is 9.24. The van der Waals surface area contributed by atoms with E-state index < -0.39 is 5.56 Å². The normalized spacial score (nSPS) is 11.0. The number of pyridine rings is 3. The van der Waals surface area contributed by atoms with Gasteiger partial charge in [-0.05, 0) is 49.7 Å². The molecule has 38 heavy (non-hydrogen) atoms. The summed E-state index contributed by atoms with van der Waals surface area (Å²) >= 11 is 6.60. The number of para-hydroxylation sites is 1. The number of aliphatic hydroxyl groups is 1. The fourth-order valence-corrected chi connectivity index (χ4v) is 4.53. The van der Waals surface area contributed by atoms with Crippen LogP contribution in [0.1, 0.15) is 33.8 Å². The Hall–Kier alpha value is -4.52. The standard InChI is InChI=1S/C28H23ClN6O3/c1-17-12-31-35(13-17)25-9-18(2)32-27-21(25)6-3-7-26(27)38-16-22-23(29)10-20(15-36)33-24(22)14-34-8-4-5-19(11-30)28(34)37/h3-10,12-13,36H,14-16H2,1-2H3. The van der Waals surface area contributed by atoms with Gasteiger partial charge in [-0.25, -0.2) is 9.67 Å². The summed E-state index contributed by atoms with van der Waals surface area (Å²) in [6.45, 7) is 3.68. The Morgan fingerprint density at radius 3 is 2.74 bits per heavy atom. The maximum Gasteiger partial charge on any atom is 0.268 e. The van der Waals surface area contributed by atoms with Crippen molar-refractivity contribution in [2.45, 2.75) is 33.6 Å². The van der Waals surface area contributed by atoms with Crippen LogP contribution in [0.2, 0.25) is 5.02 Å². The predicted octanol–water partition coefficient (Wildman–Crippen LogP) is 4.24. The Morgan fingerprint density at radius 2 is 2.00 bits per heavy atom. The van der Waals surface area contributed by atoms with Crippen LogP contribution < -0.4 is 10.3 Å². The number of aliphatic hydroxyl groups excluding tert-OH is 1. The monoisotopic (exact) mass is 526 g/mol. The van der Waals surface area contributed by atoms with E-state index in [1.54, 1.807) is 24.5 Å². The predicted molar refractivity (Wildman–Crippen MR) is 142 cm³/mol. The topological polar surface area (TPSA) is 119 Å². The number of halogens is 1. The van der Waals surface area contributed by atoms with Crippen LogP contribution in [-0.4, -0.2) is 29.4 Å². The number of nitriles is 1. The van der Waals surface area contributed by atoms with Gasteiger partial charge in [-0.2, -0.15) is 10.4 Å². The SMILES string of the molecule is Cc1cnn(-c2cc(C)nc3c(OCc4c(Cl)cc(CO)nc4Cn4cccc(C#N)c4=O)cccc23)c1. The summed E-state index contributed by atoms with van der Waals surface area (Å²) in [5.74, 6) is 0.549. The van der Waals surface area contributed by atoms with Gasteiger partial charge in [-0.3, -0.25) is 9.78 Å². The van der Waals surface area contributed by atoms with Crippen LogP contribution in [0, 0.1) is 25.2 Å². The lowest BCUT2D eigenvalue weighted by atomic mass is 10.1. The van der Waals surface area contributed by atoms with E-state index in [2.05, 4.69) is 10.1 Å². The first-order valence-corrected chi connectivity index (χ1v) is 12.2. The Morgan fingerprint density at radius 1 is 1.16 bits per heavy atom. The lowest BCUT2D eigenvalue weighted by Crippen LogP contribution is -2.23. The number of aromatic nitrogens is 5. The maximum atomic E-state index is 12.6. The summed E-state index contributed by atoms with van der Waals surface area (Å²) in [4.78, 5) is 21.9. The van der Waals surface area contributed by atoms with Crippen LogP contribution >= 0.6 is 11.6 Å². The molecule has 0 saturated heterocycles. The minimum Gasteiger partial charge on any atom is -0.486 e. The molecular weight excluding hydrogens is 504 g/mol. The van der Waals surface area contributed by atoms with Crippen molar-refractivity contribution in [3.05, 3.63) is 110 Å². The molecule has 0 saturated carbocycles. The molecule has 0 aliphatic rings. The molecule has 1 N–H and O–H groups in total. The molecule has 9 nitrogen and oxygen atoms in total. The van der Waals surface area contributed by atoms with Gasteiger partial charge in [0.05, 0.1) is 41.4 Å². The quantitative estimate of drug-likeness (QED) is 0.337. The first-order valence-electron chi connectivity index (χ1n) is 11.8. The van der Waals surface area contributed by atoms with Crippen LogP contribution in [-0.2, 0) is 19.8 Å². The molecule has 0 spiro atoms. The van der Waals surface area contributed by atoms with Crippen molar-refractivity contribution in [3.63, 3.8) is 0 Å². The van der Waals surface area contributed by atoms with Crippen LogP contribution in [0.3, 0.4) is 0 Å². The highest BCUT2D eigenvalue weighted by Gasteiger charge is 2.17. The van der Waals surface area contributed by atoms with Crippen LogP contribution in [0.25, 0.3) is 16.6 Å². The zero-order valence-electron chi connectivity index (χ0n) is 20.7. The molecule has 5 rings (SSSR count). The smallest absolute Gasteiger partial charge is 0.268 e. The number of aryl methyl sites for hydroxylation is 2. The second kappa shape index (κ2) is 10.5. The Balaban J connectivity index is 1.53. The molecule has 0 bridgehead atoms. The minimum atomic E-state index is -0.440. The van der Waals surface area contributed by atoms with Crippen molar-refractivity contribution >= 4 is 22.5 Å². The van der Waals surface area contributed by atoms with Gasteiger partial charge in [0.25, 0.3) is 5.56 Å². The number of ether oxygens (including phenoxy) is 1. The number of hydrogen-bond donors (Lipinski definition) is 1. The lowest BCUT2D eigenvalue weighted by Gasteiger charge is -2.16. The number of fused-ring (bicyclic) bond motifs is 1. The lowest BCUT2D eigenvalue weighted by molar-refractivity contribution is 0.275. The van der Waals surface area contributed by atoms with Crippen molar-refractivity contribution < 1.29 is 9.84 Å². The largest absolute Gasteiger partial charge is 0.486 e. The third-order valence-corrected chi connectivity index (χ3v) is 6.41. The van der Waals surface area contributed by atoms with Gasteiger partial charge in [-0.1, -0.05) is 23.7 Å². The van der Waals surface area contributed by atoms with Gasteiger partial charge < -0.3 is 14.4 Å². The van der Waals surface area contributed by atoms with Crippen molar-refractivity contribution in [1.82, 2.24) is 24.3 Å². The van der Waals surface area contributed by atoms with E-state index in [4.69, 9.17) is 21.3 Å². The summed E-state index contributed by atoms with van der Waals surface area (Å²) in [6, 6.07) is 14.2. The van der Waals surface area contributed by atoms with Crippen LogP contribution in [0.4, 0.5) is 0 Å². The first-order chi connectivity index (χ1) is 18.4. The van der Waals surface area contributed by atoms with Gasteiger partial charge >= 0.3 is 0 Å². The van der Waals surface area contributed by atoms with Crippen LogP contribution in [0.5, 0.6) is 5.75 Å². The first kappa shape index (κ1) is 25.1. The van der Waals surface area contributed by atoms with Gasteiger partial charge in [0, 0.05) is 29.0 Å². The summed E-state index contributed by atoms with van der Waals surface area (Å²) in [6.07, 6.45) is 5.32. The van der Waals surface area contributed by atoms with E-state index in [0.717, 1.165) is 22.3 Å². The molecule has 4 aromatic heterocycles.